The number of ether oxygens (including phenoxy) is 1. The SMILES string of the molecule is CC(C)(C)CCOCn1cc(I)c2c(Cl)ncnc21. The van der Waals surface area contributed by atoms with Crippen LogP contribution in [-0.4, -0.2) is 21.1 Å². The first-order valence-electron chi connectivity index (χ1n) is 6.11. The number of aromatic nitrogens is 3. The summed E-state index contributed by atoms with van der Waals surface area (Å²) < 4.78 is 8.72. The van der Waals surface area contributed by atoms with Crippen LogP contribution in [0.1, 0.15) is 27.2 Å². The van der Waals surface area contributed by atoms with Gasteiger partial charge in [-0.3, -0.25) is 0 Å². The van der Waals surface area contributed by atoms with Crippen LogP contribution >= 0.6 is 34.2 Å². The third-order valence-corrected chi connectivity index (χ3v) is 3.89. The second-order valence-corrected chi connectivity index (χ2v) is 7.18. The molecule has 0 atom stereocenters. The summed E-state index contributed by atoms with van der Waals surface area (Å²) in [6.07, 6.45) is 4.49. The molecule has 0 aliphatic rings. The highest BCUT2D eigenvalue weighted by atomic mass is 127. The van der Waals surface area contributed by atoms with Gasteiger partial charge < -0.3 is 9.30 Å². The van der Waals surface area contributed by atoms with Crippen molar-refractivity contribution in [3.63, 3.8) is 0 Å². The van der Waals surface area contributed by atoms with Gasteiger partial charge >= 0.3 is 0 Å². The molecule has 2 aromatic rings. The van der Waals surface area contributed by atoms with Crippen LogP contribution in [0, 0.1) is 8.99 Å². The predicted octanol–water partition coefficient (Wildman–Crippen LogP) is 4.10. The smallest absolute Gasteiger partial charge is 0.147 e. The van der Waals surface area contributed by atoms with E-state index in [9.17, 15) is 0 Å². The summed E-state index contributed by atoms with van der Waals surface area (Å²) in [6, 6.07) is 0. The fourth-order valence-electron chi connectivity index (χ4n) is 1.68. The second-order valence-electron chi connectivity index (χ2n) is 5.66. The van der Waals surface area contributed by atoms with E-state index in [0.29, 0.717) is 17.3 Å². The van der Waals surface area contributed by atoms with E-state index < -0.39 is 0 Å². The van der Waals surface area contributed by atoms with Crippen LogP contribution in [0.25, 0.3) is 11.0 Å². The van der Waals surface area contributed by atoms with Crippen molar-refractivity contribution in [2.75, 3.05) is 6.61 Å². The van der Waals surface area contributed by atoms with Crippen LogP contribution < -0.4 is 0 Å². The summed E-state index contributed by atoms with van der Waals surface area (Å²) in [7, 11) is 0. The lowest BCUT2D eigenvalue weighted by Crippen LogP contribution is -2.11. The summed E-state index contributed by atoms with van der Waals surface area (Å²) in [6.45, 7) is 7.84. The Hall–Kier alpha value is -0.400. The van der Waals surface area contributed by atoms with Gasteiger partial charge in [0.25, 0.3) is 0 Å². The Labute approximate surface area is 131 Å². The summed E-state index contributed by atoms with van der Waals surface area (Å²) in [4.78, 5) is 8.28. The van der Waals surface area contributed by atoms with E-state index >= 15 is 0 Å². The molecule has 6 heteroatoms. The third kappa shape index (κ3) is 3.79. The van der Waals surface area contributed by atoms with Crippen LogP contribution in [0.5, 0.6) is 0 Å². The van der Waals surface area contributed by atoms with Crippen molar-refractivity contribution >= 4 is 45.2 Å². The van der Waals surface area contributed by atoms with E-state index in [-0.39, 0.29) is 0 Å². The zero-order valence-corrected chi connectivity index (χ0v) is 14.2. The third-order valence-electron chi connectivity index (χ3n) is 2.79. The highest BCUT2D eigenvalue weighted by Gasteiger charge is 2.13. The first-order chi connectivity index (χ1) is 8.88. The van der Waals surface area contributed by atoms with Crippen molar-refractivity contribution in [1.82, 2.24) is 14.5 Å². The molecule has 0 bridgehead atoms. The molecule has 0 radical (unpaired) electrons. The number of hydrogen-bond acceptors (Lipinski definition) is 3. The maximum Gasteiger partial charge on any atom is 0.147 e. The Morgan fingerprint density at radius 1 is 1.37 bits per heavy atom. The van der Waals surface area contributed by atoms with E-state index in [4.69, 9.17) is 16.3 Å². The summed E-state index contributed by atoms with van der Waals surface area (Å²) in [5, 5.41) is 1.38. The van der Waals surface area contributed by atoms with Gasteiger partial charge in [-0.05, 0) is 34.4 Å². The Balaban J connectivity index is 2.08. The molecule has 0 aliphatic carbocycles. The first-order valence-corrected chi connectivity index (χ1v) is 7.57. The highest BCUT2D eigenvalue weighted by molar-refractivity contribution is 14.1. The van der Waals surface area contributed by atoms with E-state index in [2.05, 4.69) is 53.3 Å². The Bertz CT molecular complexity index is 577. The zero-order chi connectivity index (χ0) is 14.0. The van der Waals surface area contributed by atoms with Crippen molar-refractivity contribution in [3.8, 4) is 0 Å². The fraction of sp³-hybridized carbons (Fsp3) is 0.538. The molecule has 0 aromatic carbocycles. The molecule has 2 rings (SSSR count). The summed E-state index contributed by atoms with van der Waals surface area (Å²) >= 11 is 8.32. The largest absolute Gasteiger partial charge is 0.361 e. The van der Waals surface area contributed by atoms with Gasteiger partial charge in [-0.25, -0.2) is 9.97 Å². The number of halogens is 2. The standard InChI is InChI=1S/C13H17ClIN3O/c1-13(2,3)4-5-19-8-18-6-9(15)10-11(14)16-7-17-12(10)18/h6-7H,4-5,8H2,1-3H3. The van der Waals surface area contributed by atoms with Crippen LogP contribution in [0.15, 0.2) is 12.5 Å². The Morgan fingerprint density at radius 2 is 2.11 bits per heavy atom. The maximum absolute atomic E-state index is 6.09. The highest BCUT2D eigenvalue weighted by Crippen LogP contribution is 2.26. The maximum atomic E-state index is 6.09. The van der Waals surface area contributed by atoms with Crippen LogP contribution in [0.2, 0.25) is 5.15 Å². The normalized spacial score (nSPS) is 12.3. The van der Waals surface area contributed by atoms with E-state index in [1.54, 1.807) is 0 Å². The summed E-state index contributed by atoms with van der Waals surface area (Å²) in [5.74, 6) is 0. The molecule has 0 N–H and O–H groups in total. The molecule has 4 nitrogen and oxygen atoms in total. The number of nitrogens with zero attached hydrogens (tertiary/aromatic N) is 3. The average molecular weight is 394 g/mol. The average Bonchev–Trinajstić information content (AvgIpc) is 2.62. The van der Waals surface area contributed by atoms with Gasteiger partial charge in [0.05, 0.1) is 5.39 Å². The lowest BCUT2D eigenvalue weighted by atomic mass is 9.93. The number of fused-ring (bicyclic) bond motifs is 1. The second kappa shape index (κ2) is 5.93. The minimum atomic E-state index is 0.290. The van der Waals surface area contributed by atoms with Crippen molar-refractivity contribution in [2.45, 2.75) is 33.9 Å². The van der Waals surface area contributed by atoms with Crippen LogP contribution in [0.3, 0.4) is 0 Å². The van der Waals surface area contributed by atoms with Gasteiger partial charge in [0.1, 0.15) is 23.9 Å². The molecule has 19 heavy (non-hydrogen) atoms. The van der Waals surface area contributed by atoms with Crippen molar-refractivity contribution in [3.05, 3.63) is 21.2 Å². The van der Waals surface area contributed by atoms with Gasteiger partial charge in [-0.1, -0.05) is 32.4 Å². The van der Waals surface area contributed by atoms with Crippen molar-refractivity contribution in [2.24, 2.45) is 5.41 Å². The first kappa shape index (κ1) is 15.0. The molecule has 0 unspecified atom stereocenters. The lowest BCUT2D eigenvalue weighted by Gasteiger charge is -2.17. The molecule has 2 heterocycles. The van der Waals surface area contributed by atoms with Crippen molar-refractivity contribution in [1.29, 1.82) is 0 Å². The lowest BCUT2D eigenvalue weighted by molar-refractivity contribution is 0.0609. The van der Waals surface area contributed by atoms with E-state index in [0.717, 1.165) is 27.6 Å². The minimum Gasteiger partial charge on any atom is -0.361 e. The predicted molar refractivity (Wildman–Crippen MR) is 85.3 cm³/mol. The Morgan fingerprint density at radius 3 is 2.79 bits per heavy atom. The molecule has 0 saturated carbocycles. The molecule has 2 aromatic heterocycles. The molecule has 0 spiro atoms. The van der Waals surface area contributed by atoms with Crippen LogP contribution in [-0.2, 0) is 11.5 Å². The van der Waals surface area contributed by atoms with Crippen LogP contribution in [0.4, 0.5) is 0 Å². The van der Waals surface area contributed by atoms with Gasteiger partial charge in [0.15, 0.2) is 0 Å². The van der Waals surface area contributed by atoms with Gasteiger partial charge in [-0.2, -0.15) is 0 Å². The topological polar surface area (TPSA) is 39.9 Å². The molecular formula is C13H17ClIN3O. The molecule has 0 amide bonds. The fourth-order valence-corrected chi connectivity index (χ4v) is 2.90. The molecule has 104 valence electrons. The Kier molecular flexibility index (Phi) is 4.68. The number of hydrogen-bond donors (Lipinski definition) is 0. The van der Waals surface area contributed by atoms with Gasteiger partial charge in [0, 0.05) is 16.4 Å². The minimum absolute atomic E-state index is 0.290. The summed E-state index contributed by atoms with van der Waals surface area (Å²) in [5.41, 5.74) is 1.11. The van der Waals surface area contributed by atoms with Gasteiger partial charge in [0.2, 0.25) is 0 Å². The molecule has 0 aliphatic heterocycles. The van der Waals surface area contributed by atoms with Crippen molar-refractivity contribution < 1.29 is 4.74 Å². The number of rotatable bonds is 4. The van der Waals surface area contributed by atoms with E-state index in [1.807, 2.05) is 10.8 Å². The monoisotopic (exact) mass is 393 g/mol. The zero-order valence-electron chi connectivity index (χ0n) is 11.3. The quantitative estimate of drug-likeness (QED) is 0.446. The van der Waals surface area contributed by atoms with E-state index in [1.165, 1.54) is 6.33 Å². The molecule has 0 fully saturated rings. The van der Waals surface area contributed by atoms with Gasteiger partial charge in [-0.15, -0.1) is 0 Å². The molecule has 0 saturated heterocycles. The molecular weight excluding hydrogens is 377 g/mol.